The molecule has 8 nitrogen and oxygen atoms in total. The van der Waals surface area contributed by atoms with E-state index in [1.165, 1.54) is 11.3 Å². The van der Waals surface area contributed by atoms with Crippen LogP contribution in [0.4, 0.5) is 5.13 Å². The number of nitrogens with one attached hydrogen (secondary N) is 3. The normalized spacial score (nSPS) is 11.9. The molecule has 1 aromatic carbocycles. The Bertz CT molecular complexity index is 1070. The van der Waals surface area contributed by atoms with Crippen LogP contribution in [0, 0.1) is 5.92 Å². The fourth-order valence-corrected chi connectivity index (χ4v) is 3.68. The van der Waals surface area contributed by atoms with Crippen molar-refractivity contribution in [1.82, 2.24) is 15.3 Å². The second-order valence-electron chi connectivity index (χ2n) is 6.90. The number of thiazole rings is 1. The van der Waals surface area contributed by atoms with E-state index in [2.05, 4.69) is 36.5 Å². The minimum atomic E-state index is -0.734. The van der Waals surface area contributed by atoms with E-state index in [1.807, 2.05) is 13.8 Å². The Morgan fingerprint density at radius 3 is 2.50 bits per heavy atom. The number of halogens is 1. The lowest BCUT2D eigenvalue weighted by atomic mass is 10.0. The first-order valence-corrected chi connectivity index (χ1v) is 10.7. The Morgan fingerprint density at radius 2 is 1.90 bits per heavy atom. The summed E-state index contributed by atoms with van der Waals surface area (Å²) in [5.41, 5.74) is 7.27. The average molecular weight is 490 g/mol. The molecule has 1 atom stereocenters. The van der Waals surface area contributed by atoms with E-state index in [9.17, 15) is 14.4 Å². The van der Waals surface area contributed by atoms with Crippen LogP contribution in [-0.2, 0) is 4.79 Å². The molecule has 30 heavy (non-hydrogen) atoms. The number of H-pyrrole nitrogens is 1. The molecule has 0 saturated heterocycles. The number of rotatable bonds is 7. The molecule has 5 N–H and O–H groups in total. The molecule has 0 aliphatic carbocycles. The lowest BCUT2D eigenvalue weighted by Gasteiger charge is -2.21. The smallest absolute Gasteiger partial charge is 0.265 e. The second kappa shape index (κ2) is 9.23. The maximum atomic E-state index is 12.8. The summed E-state index contributed by atoms with van der Waals surface area (Å²) in [5, 5.41) is 7.68. The van der Waals surface area contributed by atoms with Crippen LogP contribution in [0.1, 0.15) is 34.7 Å². The third kappa shape index (κ3) is 5.14. The molecule has 2 heterocycles. The summed E-state index contributed by atoms with van der Waals surface area (Å²) >= 11 is 4.57. The predicted octanol–water partition coefficient (Wildman–Crippen LogP) is 3.39. The Hall–Kier alpha value is -2.98. The topological polar surface area (TPSA) is 130 Å². The first kappa shape index (κ1) is 21.7. The van der Waals surface area contributed by atoms with E-state index in [1.54, 1.807) is 41.9 Å². The van der Waals surface area contributed by atoms with E-state index in [0.29, 0.717) is 22.0 Å². The minimum absolute atomic E-state index is 0.133. The van der Waals surface area contributed by atoms with Gasteiger partial charge in [0.25, 0.3) is 11.8 Å². The molecular formula is C20H20BrN5O3S. The van der Waals surface area contributed by atoms with Crippen molar-refractivity contribution in [3.05, 3.63) is 57.6 Å². The van der Waals surface area contributed by atoms with Gasteiger partial charge in [-0.25, -0.2) is 4.98 Å². The van der Waals surface area contributed by atoms with Crippen molar-refractivity contribution in [2.75, 3.05) is 5.32 Å². The number of carbonyl (C=O) groups is 3. The maximum Gasteiger partial charge on any atom is 0.265 e. The van der Waals surface area contributed by atoms with Gasteiger partial charge in [-0.05, 0) is 36.2 Å². The predicted molar refractivity (Wildman–Crippen MR) is 119 cm³/mol. The molecule has 0 fully saturated rings. The van der Waals surface area contributed by atoms with E-state index in [0.717, 1.165) is 4.47 Å². The number of amides is 3. The number of carbonyl (C=O) groups excluding carboxylic acids is 3. The van der Waals surface area contributed by atoms with Crippen molar-refractivity contribution < 1.29 is 14.4 Å². The summed E-state index contributed by atoms with van der Waals surface area (Å²) in [4.78, 5) is 43.7. The zero-order chi connectivity index (χ0) is 21.8. The first-order chi connectivity index (χ1) is 14.2. The van der Waals surface area contributed by atoms with Crippen LogP contribution < -0.4 is 16.4 Å². The highest BCUT2D eigenvalue weighted by Gasteiger charge is 2.25. The molecule has 0 radical (unpaired) electrons. The van der Waals surface area contributed by atoms with Gasteiger partial charge in [-0.2, -0.15) is 0 Å². The van der Waals surface area contributed by atoms with Crippen LogP contribution in [0.15, 0.2) is 46.4 Å². The van der Waals surface area contributed by atoms with E-state index in [4.69, 9.17) is 5.73 Å². The minimum Gasteiger partial charge on any atom is -0.364 e. The van der Waals surface area contributed by atoms with Gasteiger partial charge in [0.05, 0.1) is 5.69 Å². The standard InChI is InChI=1S/C20H20BrN5O3S/c1-10(2)16(25-18(28)11-3-5-13(21)6-4-11)19(29)26-20-24-15(9-30-20)12-7-14(17(22)27)23-8-12/h3-10,16,23H,1-2H3,(H2,22,27)(H,25,28)(H,24,26,29)/t16-/m0/s1. The summed E-state index contributed by atoms with van der Waals surface area (Å²) in [6.45, 7) is 3.70. The van der Waals surface area contributed by atoms with Crippen molar-refractivity contribution in [2.45, 2.75) is 19.9 Å². The number of benzene rings is 1. The van der Waals surface area contributed by atoms with Crippen LogP contribution in [0.2, 0.25) is 0 Å². The highest BCUT2D eigenvalue weighted by molar-refractivity contribution is 9.10. The van der Waals surface area contributed by atoms with Crippen molar-refractivity contribution in [2.24, 2.45) is 11.7 Å². The van der Waals surface area contributed by atoms with E-state index >= 15 is 0 Å². The van der Waals surface area contributed by atoms with Crippen LogP contribution in [0.25, 0.3) is 11.3 Å². The van der Waals surface area contributed by atoms with Gasteiger partial charge in [0.15, 0.2) is 5.13 Å². The first-order valence-electron chi connectivity index (χ1n) is 9.06. The van der Waals surface area contributed by atoms with Gasteiger partial charge in [0.1, 0.15) is 11.7 Å². The zero-order valence-corrected chi connectivity index (χ0v) is 18.6. The summed E-state index contributed by atoms with van der Waals surface area (Å²) < 4.78 is 0.863. The molecule has 3 amide bonds. The van der Waals surface area contributed by atoms with Gasteiger partial charge in [0.2, 0.25) is 5.91 Å². The van der Waals surface area contributed by atoms with E-state index < -0.39 is 11.9 Å². The number of hydrogen-bond donors (Lipinski definition) is 4. The Kier molecular flexibility index (Phi) is 6.68. The molecule has 10 heteroatoms. The molecule has 0 saturated carbocycles. The maximum absolute atomic E-state index is 12.8. The summed E-state index contributed by atoms with van der Waals surface area (Å²) in [6.07, 6.45) is 1.62. The number of aromatic amines is 1. The van der Waals surface area contributed by atoms with Crippen LogP contribution in [0.3, 0.4) is 0 Å². The lowest BCUT2D eigenvalue weighted by molar-refractivity contribution is -0.118. The Labute approximate surface area is 185 Å². The number of aromatic nitrogens is 2. The number of anilines is 1. The fraction of sp³-hybridized carbons (Fsp3) is 0.200. The summed E-state index contributed by atoms with van der Waals surface area (Å²) in [5.74, 6) is -1.39. The van der Waals surface area contributed by atoms with Crippen molar-refractivity contribution in [3.8, 4) is 11.3 Å². The van der Waals surface area contributed by atoms with Gasteiger partial charge in [-0.15, -0.1) is 11.3 Å². The molecule has 0 unspecified atom stereocenters. The fourth-order valence-electron chi connectivity index (χ4n) is 2.69. The van der Waals surface area contributed by atoms with Crippen LogP contribution in [-0.4, -0.2) is 33.7 Å². The molecule has 0 bridgehead atoms. The molecule has 0 aliphatic rings. The van der Waals surface area contributed by atoms with Crippen molar-refractivity contribution in [3.63, 3.8) is 0 Å². The monoisotopic (exact) mass is 489 g/mol. The summed E-state index contributed by atoms with van der Waals surface area (Å²) in [7, 11) is 0. The Balaban J connectivity index is 1.69. The van der Waals surface area contributed by atoms with Gasteiger partial charge < -0.3 is 21.4 Å². The van der Waals surface area contributed by atoms with Crippen LogP contribution >= 0.6 is 27.3 Å². The van der Waals surface area contributed by atoms with Crippen LogP contribution in [0.5, 0.6) is 0 Å². The summed E-state index contributed by atoms with van der Waals surface area (Å²) in [6, 6.07) is 7.75. The molecule has 3 aromatic rings. The van der Waals surface area contributed by atoms with Gasteiger partial charge in [-0.3, -0.25) is 14.4 Å². The molecule has 0 aliphatic heterocycles. The number of hydrogen-bond acceptors (Lipinski definition) is 5. The third-order valence-corrected chi connectivity index (χ3v) is 5.61. The molecule has 2 aromatic heterocycles. The van der Waals surface area contributed by atoms with E-state index in [-0.39, 0.29) is 23.4 Å². The lowest BCUT2D eigenvalue weighted by Crippen LogP contribution is -2.47. The number of nitrogens with zero attached hydrogens (tertiary/aromatic N) is 1. The highest BCUT2D eigenvalue weighted by Crippen LogP contribution is 2.25. The van der Waals surface area contributed by atoms with Crippen molar-refractivity contribution in [1.29, 1.82) is 0 Å². The Morgan fingerprint density at radius 1 is 1.20 bits per heavy atom. The molecule has 3 rings (SSSR count). The molecule has 156 valence electrons. The number of nitrogens with two attached hydrogens (primary N) is 1. The largest absolute Gasteiger partial charge is 0.364 e. The second-order valence-corrected chi connectivity index (χ2v) is 8.67. The number of primary amides is 1. The zero-order valence-electron chi connectivity index (χ0n) is 16.2. The quantitative estimate of drug-likeness (QED) is 0.405. The SMILES string of the molecule is CC(C)[C@H](NC(=O)c1ccc(Br)cc1)C(=O)Nc1nc(-c2c[nH]c(C(N)=O)c2)cs1. The van der Waals surface area contributed by atoms with Gasteiger partial charge >= 0.3 is 0 Å². The van der Waals surface area contributed by atoms with Gasteiger partial charge in [0, 0.05) is 27.2 Å². The van der Waals surface area contributed by atoms with Gasteiger partial charge in [-0.1, -0.05) is 29.8 Å². The highest BCUT2D eigenvalue weighted by atomic mass is 79.9. The third-order valence-electron chi connectivity index (χ3n) is 4.32. The molecular weight excluding hydrogens is 470 g/mol. The molecule has 0 spiro atoms. The van der Waals surface area contributed by atoms with Crippen molar-refractivity contribution >= 4 is 50.1 Å². The average Bonchev–Trinajstić information content (AvgIpc) is 3.35.